The van der Waals surface area contributed by atoms with Gasteiger partial charge in [-0.25, -0.2) is 4.79 Å². The number of esters is 1. The van der Waals surface area contributed by atoms with Crippen molar-refractivity contribution in [3.63, 3.8) is 0 Å². The summed E-state index contributed by atoms with van der Waals surface area (Å²) in [5.41, 5.74) is 1.41. The average molecular weight is 239 g/mol. The van der Waals surface area contributed by atoms with E-state index in [2.05, 4.69) is 25.3 Å². The van der Waals surface area contributed by atoms with E-state index in [0.29, 0.717) is 5.69 Å². The van der Waals surface area contributed by atoms with E-state index in [1.165, 1.54) is 7.11 Å². The van der Waals surface area contributed by atoms with Crippen LogP contribution in [0.15, 0.2) is 10.3 Å². The molecule has 7 nitrogen and oxygen atoms in total. The number of nitrogens with zero attached hydrogens (tertiary/aromatic N) is 4. The summed E-state index contributed by atoms with van der Waals surface area (Å²) >= 11 is 0. The van der Waals surface area contributed by atoms with Gasteiger partial charge >= 0.3 is 5.97 Å². The van der Waals surface area contributed by atoms with E-state index in [9.17, 15) is 4.79 Å². The Morgan fingerprint density at radius 2 is 2.24 bits per heavy atom. The van der Waals surface area contributed by atoms with E-state index in [1.807, 2.05) is 6.92 Å². The highest BCUT2D eigenvalue weighted by Crippen LogP contribution is 2.24. The smallest absolute Gasteiger partial charge is 0.360 e. The fourth-order valence-corrected chi connectivity index (χ4v) is 1.28. The number of hydrogen-bond donors (Lipinski definition) is 1. The number of carbonyl (C=O) groups excluding carboxylic acids is 1. The van der Waals surface area contributed by atoms with Gasteiger partial charge in [0.15, 0.2) is 5.69 Å². The number of methoxy groups -OCH3 is 1. The van der Waals surface area contributed by atoms with Crippen molar-refractivity contribution in [1.29, 1.82) is 0 Å². The zero-order chi connectivity index (χ0) is 12.8. The largest absolute Gasteiger partial charge is 0.464 e. The highest BCUT2D eigenvalue weighted by atomic mass is 16.5. The van der Waals surface area contributed by atoms with E-state index < -0.39 is 5.97 Å². The molecule has 0 amide bonds. The van der Waals surface area contributed by atoms with Crippen LogP contribution >= 0.6 is 0 Å². The number of aryl methyl sites for hydroxylation is 1. The molecule has 0 aromatic carbocycles. The number of ether oxygens (including phenoxy) is 1. The first kappa shape index (κ1) is 13.1. The molecule has 1 heterocycles. The lowest BCUT2D eigenvalue weighted by Crippen LogP contribution is -2.03. The van der Waals surface area contributed by atoms with Crippen LogP contribution < -0.4 is 0 Å². The van der Waals surface area contributed by atoms with Crippen LogP contribution in [0.4, 0.5) is 5.69 Å². The highest BCUT2D eigenvalue weighted by molar-refractivity contribution is 5.93. The molecule has 1 aromatic rings. The van der Waals surface area contributed by atoms with Gasteiger partial charge in [0.1, 0.15) is 5.69 Å². The lowest BCUT2D eigenvalue weighted by molar-refractivity contribution is 0.0595. The van der Waals surface area contributed by atoms with Gasteiger partial charge in [0.2, 0.25) is 0 Å². The van der Waals surface area contributed by atoms with Crippen molar-refractivity contribution >= 4 is 11.7 Å². The fraction of sp³-hybridized carbons (Fsp3) is 0.600. The number of nitrogens with one attached hydrogen (secondary N) is 1. The van der Waals surface area contributed by atoms with Crippen LogP contribution in [0.5, 0.6) is 0 Å². The summed E-state index contributed by atoms with van der Waals surface area (Å²) in [7, 11) is 4.81. The second-order valence-electron chi connectivity index (χ2n) is 3.68. The second kappa shape index (κ2) is 5.97. The van der Waals surface area contributed by atoms with Crippen molar-refractivity contribution in [2.75, 3.05) is 21.2 Å². The summed E-state index contributed by atoms with van der Waals surface area (Å²) < 4.78 is 4.64. The predicted octanol–water partition coefficient (Wildman–Crippen LogP) is 1.71. The molecule has 1 N–H and O–H groups in total. The Hall–Kier alpha value is -1.92. The van der Waals surface area contributed by atoms with Gasteiger partial charge in [-0.1, -0.05) is 18.6 Å². The molecule has 0 aliphatic rings. The number of H-pyrrole nitrogens is 1. The molecule has 94 valence electrons. The third-order valence-electron chi connectivity index (χ3n) is 2.02. The van der Waals surface area contributed by atoms with E-state index in [1.54, 1.807) is 19.1 Å². The fourth-order valence-electron chi connectivity index (χ4n) is 1.28. The van der Waals surface area contributed by atoms with Gasteiger partial charge in [0, 0.05) is 14.1 Å². The summed E-state index contributed by atoms with van der Waals surface area (Å²) in [6.45, 7) is 2.03. The van der Waals surface area contributed by atoms with Crippen molar-refractivity contribution in [3.05, 3.63) is 11.4 Å². The molecular formula is C10H17N5O2. The van der Waals surface area contributed by atoms with Crippen LogP contribution in [-0.4, -0.2) is 42.4 Å². The topological polar surface area (TPSA) is 82.9 Å². The molecule has 1 rings (SSSR count). The van der Waals surface area contributed by atoms with E-state index in [4.69, 9.17) is 0 Å². The molecule has 0 aliphatic heterocycles. The maximum Gasteiger partial charge on any atom is 0.360 e. The third-order valence-corrected chi connectivity index (χ3v) is 2.02. The quantitative estimate of drug-likeness (QED) is 0.481. The Kier molecular flexibility index (Phi) is 4.62. The normalized spacial score (nSPS) is 10.8. The monoisotopic (exact) mass is 239 g/mol. The first-order chi connectivity index (χ1) is 8.10. The number of aromatic amines is 1. The van der Waals surface area contributed by atoms with Crippen LogP contribution in [-0.2, 0) is 11.2 Å². The van der Waals surface area contributed by atoms with Crippen LogP contribution in [0, 0.1) is 0 Å². The molecule has 0 saturated heterocycles. The molecule has 1 aromatic heterocycles. The minimum Gasteiger partial charge on any atom is -0.464 e. The van der Waals surface area contributed by atoms with Crippen molar-refractivity contribution in [3.8, 4) is 0 Å². The SMILES string of the molecule is CCCc1[nH]nc(C(=O)OC)c1N=NN(C)C. The maximum atomic E-state index is 11.5. The zero-order valence-electron chi connectivity index (χ0n) is 10.5. The summed E-state index contributed by atoms with van der Waals surface area (Å²) in [6, 6.07) is 0. The van der Waals surface area contributed by atoms with Gasteiger partial charge in [0.25, 0.3) is 0 Å². The van der Waals surface area contributed by atoms with Gasteiger partial charge in [-0.15, -0.1) is 5.11 Å². The van der Waals surface area contributed by atoms with Gasteiger partial charge in [0.05, 0.1) is 12.8 Å². The van der Waals surface area contributed by atoms with Gasteiger partial charge in [-0.3, -0.25) is 10.1 Å². The first-order valence-corrected chi connectivity index (χ1v) is 5.34. The van der Waals surface area contributed by atoms with Crippen molar-refractivity contribution < 1.29 is 9.53 Å². The van der Waals surface area contributed by atoms with Gasteiger partial charge in [-0.05, 0) is 6.42 Å². The Balaban J connectivity index is 3.10. The molecule has 7 heteroatoms. The molecule has 0 bridgehead atoms. The van der Waals surface area contributed by atoms with E-state index >= 15 is 0 Å². The number of aromatic nitrogens is 2. The molecule has 0 spiro atoms. The molecule has 0 saturated carbocycles. The molecule has 0 radical (unpaired) electrons. The molecular weight excluding hydrogens is 222 g/mol. The Bertz CT molecular complexity index is 411. The van der Waals surface area contributed by atoms with Crippen molar-refractivity contribution in [1.82, 2.24) is 15.2 Å². The molecule has 17 heavy (non-hydrogen) atoms. The summed E-state index contributed by atoms with van der Waals surface area (Å²) in [4.78, 5) is 11.5. The number of rotatable bonds is 5. The minimum atomic E-state index is -0.517. The highest BCUT2D eigenvalue weighted by Gasteiger charge is 2.19. The average Bonchev–Trinajstić information content (AvgIpc) is 2.69. The van der Waals surface area contributed by atoms with Crippen LogP contribution in [0.25, 0.3) is 0 Å². The summed E-state index contributed by atoms with van der Waals surface area (Å²) in [5, 5.41) is 16.1. The minimum absolute atomic E-state index is 0.168. The van der Waals surface area contributed by atoms with E-state index in [0.717, 1.165) is 18.5 Å². The van der Waals surface area contributed by atoms with E-state index in [-0.39, 0.29) is 5.69 Å². The molecule has 0 fully saturated rings. The Morgan fingerprint density at radius 1 is 1.53 bits per heavy atom. The third kappa shape index (κ3) is 3.27. The Labute approximate surface area is 99.8 Å². The zero-order valence-corrected chi connectivity index (χ0v) is 10.5. The van der Waals surface area contributed by atoms with Gasteiger partial charge in [-0.2, -0.15) is 5.10 Å². The number of hydrogen-bond acceptors (Lipinski definition) is 5. The first-order valence-electron chi connectivity index (χ1n) is 5.34. The molecule has 0 unspecified atom stereocenters. The van der Waals surface area contributed by atoms with Crippen LogP contribution in [0.3, 0.4) is 0 Å². The summed E-state index contributed by atoms with van der Waals surface area (Å²) in [5.74, 6) is -0.517. The maximum absolute atomic E-state index is 11.5. The lowest BCUT2D eigenvalue weighted by Gasteiger charge is -2.02. The van der Waals surface area contributed by atoms with Crippen LogP contribution in [0.2, 0.25) is 0 Å². The van der Waals surface area contributed by atoms with Gasteiger partial charge < -0.3 is 4.74 Å². The number of carbonyl (C=O) groups is 1. The van der Waals surface area contributed by atoms with Crippen molar-refractivity contribution in [2.24, 2.45) is 10.3 Å². The molecule has 0 aliphatic carbocycles. The van der Waals surface area contributed by atoms with Crippen LogP contribution in [0.1, 0.15) is 29.5 Å². The standard InChI is InChI=1S/C10H17N5O2/c1-5-6-7-8(13-14-15(2)3)9(12-11-7)10(16)17-4/h5-6H2,1-4H3,(H,11,12). The second-order valence-corrected chi connectivity index (χ2v) is 3.68. The lowest BCUT2D eigenvalue weighted by atomic mass is 10.2. The summed E-state index contributed by atoms with van der Waals surface area (Å²) in [6.07, 6.45) is 1.68. The Morgan fingerprint density at radius 3 is 2.76 bits per heavy atom. The van der Waals surface area contributed by atoms with Crippen molar-refractivity contribution in [2.45, 2.75) is 19.8 Å². The predicted molar refractivity (Wildman–Crippen MR) is 62.1 cm³/mol. The molecule has 0 atom stereocenters.